The van der Waals surface area contributed by atoms with Crippen molar-refractivity contribution in [3.05, 3.63) is 34.2 Å². The Kier molecular flexibility index (Phi) is 5.49. The van der Waals surface area contributed by atoms with E-state index in [1.807, 2.05) is 23.1 Å². The van der Waals surface area contributed by atoms with Crippen LogP contribution in [0.1, 0.15) is 12.0 Å². The van der Waals surface area contributed by atoms with Gasteiger partial charge in [0.15, 0.2) is 11.5 Å². The molecule has 1 aliphatic heterocycles. The number of carbonyl (C=O) groups excluding carboxylic acids is 1. The van der Waals surface area contributed by atoms with Gasteiger partial charge in [-0.25, -0.2) is 0 Å². The van der Waals surface area contributed by atoms with E-state index in [-0.39, 0.29) is 11.8 Å². The Bertz CT molecular complexity index is 584. The molecular weight excluding hydrogens is 284 g/mol. The molecule has 1 saturated heterocycles. The average Bonchev–Trinajstić information content (AvgIpc) is 2.90. The summed E-state index contributed by atoms with van der Waals surface area (Å²) in [7, 11) is 3.21. The predicted octanol–water partition coefficient (Wildman–Crippen LogP) is 2.41. The number of benzene rings is 1. The van der Waals surface area contributed by atoms with Crippen molar-refractivity contribution in [2.75, 3.05) is 33.9 Å². The number of hydrogen-bond donors (Lipinski definition) is 0. The average molecular weight is 304 g/mol. The van der Waals surface area contributed by atoms with E-state index >= 15 is 0 Å². The summed E-state index contributed by atoms with van der Waals surface area (Å²) in [6, 6.07) is 5.73. The number of nitrogens with zero attached hydrogens (tertiary/aromatic N) is 4. The summed E-state index contributed by atoms with van der Waals surface area (Å²) in [5, 5.41) is 3.56. The molecule has 1 fully saturated rings. The lowest BCUT2D eigenvalue weighted by molar-refractivity contribution is -0.127. The van der Waals surface area contributed by atoms with E-state index in [1.165, 1.54) is 0 Å². The molecule has 1 aliphatic rings. The van der Waals surface area contributed by atoms with E-state index in [2.05, 4.69) is 10.0 Å². The fourth-order valence-corrected chi connectivity index (χ4v) is 2.75. The van der Waals surface area contributed by atoms with Crippen molar-refractivity contribution in [3.8, 4) is 11.5 Å². The van der Waals surface area contributed by atoms with Crippen molar-refractivity contribution in [3.63, 3.8) is 0 Å². The van der Waals surface area contributed by atoms with Crippen molar-refractivity contribution in [1.82, 2.24) is 4.90 Å². The second-order valence-electron chi connectivity index (χ2n) is 5.23. The Labute approximate surface area is 129 Å². The molecule has 7 heteroatoms. The molecule has 0 spiro atoms. The smallest absolute Gasteiger partial charge is 0.222 e. The van der Waals surface area contributed by atoms with Crippen LogP contribution in [0.2, 0.25) is 0 Å². The van der Waals surface area contributed by atoms with Gasteiger partial charge >= 0.3 is 0 Å². The highest BCUT2D eigenvalue weighted by molar-refractivity contribution is 5.78. The van der Waals surface area contributed by atoms with E-state index in [4.69, 9.17) is 15.0 Å². The quantitative estimate of drug-likeness (QED) is 0.440. The van der Waals surface area contributed by atoms with Gasteiger partial charge in [0.1, 0.15) is 0 Å². The molecule has 0 saturated carbocycles. The first-order valence-electron chi connectivity index (χ1n) is 7.18. The number of likely N-dealkylation sites (tertiary alicyclic amines) is 1. The number of azide groups is 1. The highest BCUT2D eigenvalue weighted by Gasteiger charge is 2.28. The lowest BCUT2D eigenvalue weighted by atomic mass is 10.1. The Morgan fingerprint density at radius 3 is 2.91 bits per heavy atom. The summed E-state index contributed by atoms with van der Waals surface area (Å²) in [6.45, 7) is 1.64. The molecule has 1 unspecified atom stereocenters. The molecule has 1 heterocycles. The molecule has 0 aliphatic carbocycles. The zero-order chi connectivity index (χ0) is 15.9. The van der Waals surface area contributed by atoms with Crippen LogP contribution in [0.15, 0.2) is 23.3 Å². The number of amides is 1. The van der Waals surface area contributed by atoms with Gasteiger partial charge in [-0.05, 0) is 29.5 Å². The van der Waals surface area contributed by atoms with Crippen LogP contribution < -0.4 is 9.47 Å². The second-order valence-corrected chi connectivity index (χ2v) is 5.23. The zero-order valence-electron chi connectivity index (χ0n) is 12.9. The van der Waals surface area contributed by atoms with E-state index < -0.39 is 0 Å². The number of ether oxygens (including phenoxy) is 2. The van der Waals surface area contributed by atoms with E-state index in [0.717, 1.165) is 5.56 Å². The van der Waals surface area contributed by atoms with Gasteiger partial charge in [-0.2, -0.15) is 0 Å². The highest BCUT2D eigenvalue weighted by Crippen LogP contribution is 2.31. The van der Waals surface area contributed by atoms with Crippen LogP contribution >= 0.6 is 0 Å². The summed E-state index contributed by atoms with van der Waals surface area (Å²) >= 11 is 0. The van der Waals surface area contributed by atoms with Crippen LogP contribution in [0.5, 0.6) is 11.5 Å². The highest BCUT2D eigenvalue weighted by atomic mass is 16.5. The molecule has 1 aromatic carbocycles. The number of para-hydroxylation sites is 1. The van der Waals surface area contributed by atoms with Crippen LogP contribution in [-0.2, 0) is 11.2 Å². The fourth-order valence-electron chi connectivity index (χ4n) is 2.75. The van der Waals surface area contributed by atoms with Gasteiger partial charge in [-0.3, -0.25) is 4.79 Å². The van der Waals surface area contributed by atoms with Crippen molar-refractivity contribution in [2.45, 2.75) is 12.8 Å². The van der Waals surface area contributed by atoms with Gasteiger partial charge in [0.05, 0.1) is 14.2 Å². The third-order valence-corrected chi connectivity index (χ3v) is 3.83. The number of rotatable bonds is 7. The van der Waals surface area contributed by atoms with Crippen molar-refractivity contribution >= 4 is 5.91 Å². The molecule has 1 amide bonds. The molecule has 118 valence electrons. The van der Waals surface area contributed by atoms with Gasteiger partial charge in [-0.15, -0.1) is 0 Å². The first-order chi connectivity index (χ1) is 10.7. The van der Waals surface area contributed by atoms with Crippen LogP contribution in [0.4, 0.5) is 0 Å². The van der Waals surface area contributed by atoms with Gasteiger partial charge < -0.3 is 14.4 Å². The summed E-state index contributed by atoms with van der Waals surface area (Å²) in [4.78, 5) is 16.5. The zero-order valence-corrected chi connectivity index (χ0v) is 12.9. The monoisotopic (exact) mass is 304 g/mol. The van der Waals surface area contributed by atoms with Crippen LogP contribution in [0.3, 0.4) is 0 Å². The molecule has 0 bridgehead atoms. The van der Waals surface area contributed by atoms with Gasteiger partial charge in [-0.1, -0.05) is 17.2 Å². The minimum atomic E-state index is 0.111. The molecule has 1 atom stereocenters. The molecule has 0 radical (unpaired) electrons. The fraction of sp³-hybridized carbons (Fsp3) is 0.533. The standard InChI is InChI=1S/C15H20N4O3/c1-21-13-5-3-4-12(15(13)22-2)6-7-19-10-11(8-14(19)20)9-17-18-16/h3-5,11H,6-10H2,1-2H3. The maximum absolute atomic E-state index is 12.0. The Balaban J connectivity index is 1.98. The topological polar surface area (TPSA) is 87.5 Å². The first-order valence-corrected chi connectivity index (χ1v) is 7.18. The number of carbonyl (C=O) groups is 1. The lowest BCUT2D eigenvalue weighted by Crippen LogP contribution is -2.27. The molecule has 22 heavy (non-hydrogen) atoms. The SMILES string of the molecule is COc1cccc(CCN2CC(CN=[N+]=[N-])CC2=O)c1OC. The van der Waals surface area contributed by atoms with Crippen molar-refractivity contribution in [2.24, 2.45) is 11.0 Å². The minimum Gasteiger partial charge on any atom is -0.493 e. The van der Waals surface area contributed by atoms with Crippen LogP contribution in [0.25, 0.3) is 10.4 Å². The normalized spacial score (nSPS) is 17.3. The minimum absolute atomic E-state index is 0.111. The van der Waals surface area contributed by atoms with Crippen LogP contribution in [0, 0.1) is 5.92 Å². The maximum atomic E-state index is 12.0. The molecule has 2 rings (SSSR count). The van der Waals surface area contributed by atoms with E-state index in [9.17, 15) is 4.79 Å². The number of hydrogen-bond acceptors (Lipinski definition) is 4. The Morgan fingerprint density at radius 2 is 2.23 bits per heavy atom. The third kappa shape index (κ3) is 3.62. The maximum Gasteiger partial charge on any atom is 0.222 e. The molecule has 0 aromatic heterocycles. The van der Waals surface area contributed by atoms with Crippen molar-refractivity contribution < 1.29 is 14.3 Å². The van der Waals surface area contributed by atoms with Gasteiger partial charge in [0, 0.05) is 31.0 Å². The van der Waals surface area contributed by atoms with E-state index in [0.29, 0.717) is 44.0 Å². The second kappa shape index (κ2) is 7.56. The Hall–Kier alpha value is -2.40. The van der Waals surface area contributed by atoms with Gasteiger partial charge in [0.25, 0.3) is 0 Å². The predicted molar refractivity (Wildman–Crippen MR) is 82.0 cm³/mol. The third-order valence-electron chi connectivity index (χ3n) is 3.83. The summed E-state index contributed by atoms with van der Waals surface area (Å²) < 4.78 is 10.7. The Morgan fingerprint density at radius 1 is 1.41 bits per heavy atom. The number of methoxy groups -OCH3 is 2. The molecular formula is C15H20N4O3. The van der Waals surface area contributed by atoms with Crippen LogP contribution in [-0.4, -0.2) is 44.7 Å². The largest absolute Gasteiger partial charge is 0.493 e. The lowest BCUT2D eigenvalue weighted by Gasteiger charge is -2.18. The molecule has 1 aromatic rings. The summed E-state index contributed by atoms with van der Waals surface area (Å²) in [5.41, 5.74) is 9.36. The summed E-state index contributed by atoms with van der Waals surface area (Å²) in [5.74, 6) is 1.63. The first kappa shape index (κ1) is 16.0. The molecule has 0 N–H and O–H groups in total. The molecule has 7 nitrogen and oxygen atoms in total. The van der Waals surface area contributed by atoms with Crippen molar-refractivity contribution in [1.29, 1.82) is 0 Å². The summed E-state index contributed by atoms with van der Waals surface area (Å²) in [6.07, 6.45) is 1.15. The van der Waals surface area contributed by atoms with E-state index in [1.54, 1.807) is 14.2 Å². The van der Waals surface area contributed by atoms with Gasteiger partial charge in [0.2, 0.25) is 5.91 Å².